The molecule has 0 amide bonds. The summed E-state index contributed by atoms with van der Waals surface area (Å²) in [6.07, 6.45) is 23.8. The number of hydrogen-bond acceptors (Lipinski definition) is 4. The van der Waals surface area contributed by atoms with Crippen molar-refractivity contribution in [2.45, 2.75) is 64.0 Å². The number of carbonyl (C=O) groups excluding carboxylic acids is 1. The molecule has 172 valence electrons. The van der Waals surface area contributed by atoms with Gasteiger partial charge >= 0.3 is 5.97 Å². The van der Waals surface area contributed by atoms with Crippen LogP contribution in [0.4, 0.5) is 0 Å². The average Bonchev–Trinajstić information content (AvgIpc) is 3.01. The van der Waals surface area contributed by atoms with Crippen molar-refractivity contribution in [3.63, 3.8) is 0 Å². The van der Waals surface area contributed by atoms with E-state index >= 15 is 0 Å². The molecule has 4 nitrogen and oxygen atoms in total. The molecule has 2 saturated carbocycles. The van der Waals surface area contributed by atoms with E-state index in [4.69, 9.17) is 10.5 Å². The highest BCUT2D eigenvalue weighted by Gasteiger charge is 2.62. The second-order valence-electron chi connectivity index (χ2n) is 9.28. The van der Waals surface area contributed by atoms with Gasteiger partial charge in [-0.2, -0.15) is 0 Å². The summed E-state index contributed by atoms with van der Waals surface area (Å²) in [6.45, 7) is 11.7. The number of carbonyl (C=O) groups is 1. The fraction of sp³-hybridized carbons (Fsp3) is 0.500. The normalized spacial score (nSPS) is 35.8. The summed E-state index contributed by atoms with van der Waals surface area (Å²) < 4.78 is 5.66. The number of nitrogens with two attached hydrogens (primary N) is 1. The molecule has 4 heteroatoms. The molecular weight excluding hydrogens is 396 g/mol. The number of cyclic esters (lactones) is 1. The van der Waals surface area contributed by atoms with E-state index in [1.807, 2.05) is 56.5 Å². The van der Waals surface area contributed by atoms with Gasteiger partial charge in [-0.3, -0.25) is 9.79 Å². The minimum absolute atomic E-state index is 0.0924. The van der Waals surface area contributed by atoms with Gasteiger partial charge in [0.2, 0.25) is 0 Å². The van der Waals surface area contributed by atoms with E-state index in [1.165, 1.54) is 19.3 Å². The number of aliphatic imine (C=N–C) groups is 1. The molecule has 6 unspecified atom stereocenters. The molecule has 0 aromatic heterocycles. The zero-order chi connectivity index (χ0) is 23.1. The van der Waals surface area contributed by atoms with E-state index in [0.717, 1.165) is 24.1 Å². The number of esters is 1. The van der Waals surface area contributed by atoms with Gasteiger partial charge in [-0.05, 0) is 56.3 Å². The van der Waals surface area contributed by atoms with E-state index in [2.05, 4.69) is 24.2 Å². The monoisotopic (exact) mass is 434 g/mol. The Labute approximate surface area is 193 Å². The molecule has 3 fully saturated rings. The molecule has 3 rings (SSSR count). The smallest absolute Gasteiger partial charge is 0.311 e. The lowest BCUT2D eigenvalue weighted by atomic mass is 9.54. The number of hydrogen-bond donors (Lipinski definition) is 1. The molecular formula is C28H38N2O2. The first-order valence-electron chi connectivity index (χ1n) is 11.9. The molecule has 1 heterocycles. The summed E-state index contributed by atoms with van der Waals surface area (Å²) in [5, 5.41) is 0. The minimum Gasteiger partial charge on any atom is -0.460 e. The topological polar surface area (TPSA) is 64.7 Å². The van der Waals surface area contributed by atoms with Crippen LogP contribution in [0.25, 0.3) is 0 Å². The van der Waals surface area contributed by atoms with E-state index in [-0.39, 0.29) is 23.9 Å². The van der Waals surface area contributed by atoms with Crippen LogP contribution in [0.2, 0.25) is 0 Å². The van der Waals surface area contributed by atoms with E-state index in [9.17, 15) is 4.79 Å². The maximum Gasteiger partial charge on any atom is 0.311 e. The van der Waals surface area contributed by atoms with Crippen LogP contribution < -0.4 is 5.73 Å². The Bertz CT molecular complexity index is 863. The second-order valence-corrected chi connectivity index (χ2v) is 9.28. The maximum atomic E-state index is 12.6. The predicted molar refractivity (Wildman–Crippen MR) is 133 cm³/mol. The van der Waals surface area contributed by atoms with Crippen LogP contribution in [0, 0.1) is 23.7 Å². The molecule has 0 aromatic rings. The zero-order valence-electron chi connectivity index (χ0n) is 19.6. The molecule has 2 N–H and O–H groups in total. The van der Waals surface area contributed by atoms with E-state index in [0.29, 0.717) is 18.3 Å². The molecule has 0 spiro atoms. The Balaban J connectivity index is 1.84. The molecule has 6 atom stereocenters. The average molecular weight is 435 g/mol. The Morgan fingerprint density at radius 2 is 2.06 bits per heavy atom. The SMILES string of the molecule is C=C/C=C(/C=C/C1C2CCCCC2CC2C(=O)OC(C)C21N)N=CC/C(C=C)=C/C=C\C. The van der Waals surface area contributed by atoms with Gasteiger partial charge in [0, 0.05) is 18.6 Å². The van der Waals surface area contributed by atoms with Crippen molar-refractivity contribution in [1.29, 1.82) is 0 Å². The van der Waals surface area contributed by atoms with Crippen LogP contribution in [0.5, 0.6) is 0 Å². The fourth-order valence-corrected chi connectivity index (χ4v) is 5.79. The molecule has 0 bridgehead atoms. The summed E-state index contributed by atoms with van der Waals surface area (Å²) in [6, 6.07) is 0. The van der Waals surface area contributed by atoms with E-state index < -0.39 is 5.54 Å². The van der Waals surface area contributed by atoms with Crippen molar-refractivity contribution in [1.82, 2.24) is 0 Å². The summed E-state index contributed by atoms with van der Waals surface area (Å²) in [4.78, 5) is 17.3. The number of ether oxygens (including phenoxy) is 1. The molecule has 0 radical (unpaired) electrons. The first-order chi connectivity index (χ1) is 15.4. The third-order valence-electron chi connectivity index (χ3n) is 7.53. The van der Waals surface area contributed by atoms with Crippen LogP contribution in [0.3, 0.4) is 0 Å². The van der Waals surface area contributed by atoms with Gasteiger partial charge < -0.3 is 10.5 Å². The van der Waals surface area contributed by atoms with Crippen molar-refractivity contribution < 1.29 is 9.53 Å². The first kappa shape index (κ1) is 24.2. The maximum absolute atomic E-state index is 12.6. The van der Waals surface area contributed by atoms with Crippen LogP contribution >= 0.6 is 0 Å². The quantitative estimate of drug-likeness (QED) is 0.296. The number of nitrogens with zero attached hydrogens (tertiary/aromatic N) is 1. The third kappa shape index (κ3) is 4.96. The van der Waals surface area contributed by atoms with Gasteiger partial charge in [0.25, 0.3) is 0 Å². The minimum atomic E-state index is -0.652. The molecule has 2 aliphatic carbocycles. The molecule has 0 aromatic carbocycles. The highest BCUT2D eigenvalue weighted by Crippen LogP contribution is 2.54. The van der Waals surface area contributed by atoms with Crippen LogP contribution in [0.1, 0.15) is 52.4 Å². The Morgan fingerprint density at radius 3 is 2.78 bits per heavy atom. The molecule has 1 aliphatic heterocycles. The van der Waals surface area contributed by atoms with Gasteiger partial charge in [0.1, 0.15) is 6.10 Å². The molecule has 1 saturated heterocycles. The molecule has 32 heavy (non-hydrogen) atoms. The van der Waals surface area contributed by atoms with Crippen LogP contribution in [-0.4, -0.2) is 23.8 Å². The summed E-state index contributed by atoms with van der Waals surface area (Å²) in [5.74, 6) is 0.791. The van der Waals surface area contributed by atoms with Crippen molar-refractivity contribution in [3.8, 4) is 0 Å². The summed E-state index contributed by atoms with van der Waals surface area (Å²) in [7, 11) is 0. The van der Waals surface area contributed by atoms with Gasteiger partial charge in [-0.25, -0.2) is 0 Å². The van der Waals surface area contributed by atoms with Crippen LogP contribution in [0.15, 0.2) is 78.0 Å². The zero-order valence-corrected chi connectivity index (χ0v) is 19.6. The lowest BCUT2D eigenvalue weighted by Gasteiger charge is -2.51. The lowest BCUT2D eigenvalue weighted by molar-refractivity contribution is -0.144. The van der Waals surface area contributed by atoms with Crippen molar-refractivity contribution in [2.75, 3.05) is 0 Å². The standard InChI is InChI=1S/C28H38N2O2/c1-5-8-12-21(7-3)17-18-30-23(11-6-2)15-16-25-24-14-10-9-13-22(24)19-26-27(31)32-20(4)28(25,26)29/h5-8,11-12,15-16,18,20,22,24-26H,2-3,9-10,13-14,17,19,29H2,1,4H3/b8-5-,16-15+,21-12+,23-11-,30-18?. The van der Waals surface area contributed by atoms with Gasteiger partial charge in [-0.1, -0.05) is 68.9 Å². The summed E-state index contributed by atoms with van der Waals surface area (Å²) >= 11 is 0. The Morgan fingerprint density at radius 1 is 1.28 bits per heavy atom. The lowest BCUT2D eigenvalue weighted by Crippen LogP contribution is -2.63. The number of allylic oxidation sites excluding steroid dienone is 8. The van der Waals surface area contributed by atoms with Crippen molar-refractivity contribution in [2.24, 2.45) is 34.4 Å². The van der Waals surface area contributed by atoms with Gasteiger partial charge in [0.15, 0.2) is 0 Å². The highest BCUT2D eigenvalue weighted by atomic mass is 16.6. The van der Waals surface area contributed by atoms with Gasteiger partial charge in [0.05, 0.1) is 17.2 Å². The highest BCUT2D eigenvalue weighted by molar-refractivity contribution is 5.78. The summed E-state index contributed by atoms with van der Waals surface area (Å²) in [5.41, 5.74) is 8.29. The van der Waals surface area contributed by atoms with E-state index in [1.54, 1.807) is 6.08 Å². The predicted octanol–water partition coefficient (Wildman–Crippen LogP) is 5.85. The van der Waals surface area contributed by atoms with Crippen molar-refractivity contribution >= 4 is 12.2 Å². The number of fused-ring (bicyclic) bond motifs is 2. The van der Waals surface area contributed by atoms with Crippen LogP contribution in [-0.2, 0) is 9.53 Å². The Kier molecular flexibility index (Phi) is 8.25. The van der Waals surface area contributed by atoms with Crippen molar-refractivity contribution in [3.05, 3.63) is 73.0 Å². The largest absolute Gasteiger partial charge is 0.460 e. The molecule has 3 aliphatic rings. The fourth-order valence-electron chi connectivity index (χ4n) is 5.79. The first-order valence-corrected chi connectivity index (χ1v) is 11.9. The van der Waals surface area contributed by atoms with Gasteiger partial charge in [-0.15, -0.1) is 0 Å². The Hall–Kier alpha value is -2.46. The second kappa shape index (κ2) is 10.9. The third-order valence-corrected chi connectivity index (χ3v) is 7.53. The number of rotatable bonds is 8.